The van der Waals surface area contributed by atoms with E-state index in [4.69, 9.17) is 5.73 Å². The van der Waals surface area contributed by atoms with Crippen molar-refractivity contribution < 1.29 is 24.9 Å². The molecule has 0 unspecified atom stereocenters. The van der Waals surface area contributed by atoms with Crippen molar-refractivity contribution >= 4 is 11.9 Å². The van der Waals surface area contributed by atoms with Gasteiger partial charge in [-0.1, -0.05) is 20.8 Å². The van der Waals surface area contributed by atoms with Gasteiger partial charge in [0.15, 0.2) is 0 Å². The molecule has 7 N–H and O–H groups in total. The first-order chi connectivity index (χ1) is 17.5. The van der Waals surface area contributed by atoms with Crippen molar-refractivity contribution in [3.05, 3.63) is 0 Å². The first kappa shape index (κ1) is 28.6. The van der Waals surface area contributed by atoms with Crippen molar-refractivity contribution in [2.24, 2.45) is 52.1 Å². The van der Waals surface area contributed by atoms with Crippen LogP contribution >= 0.6 is 0 Å². The molecule has 37 heavy (non-hydrogen) atoms. The van der Waals surface area contributed by atoms with E-state index in [1.54, 1.807) is 0 Å². The second-order valence-corrected chi connectivity index (χ2v) is 13.4. The molecular formula is C29H51N3O5. The van der Waals surface area contributed by atoms with Gasteiger partial charge >= 0.3 is 6.03 Å². The fourth-order valence-corrected chi connectivity index (χ4v) is 9.47. The Morgan fingerprint density at radius 1 is 0.973 bits per heavy atom. The van der Waals surface area contributed by atoms with Crippen LogP contribution in [0.5, 0.6) is 0 Å². The van der Waals surface area contributed by atoms with Gasteiger partial charge in [-0.25, -0.2) is 4.79 Å². The van der Waals surface area contributed by atoms with E-state index in [0.29, 0.717) is 49.1 Å². The monoisotopic (exact) mass is 521 g/mol. The zero-order valence-corrected chi connectivity index (χ0v) is 23.1. The number of aliphatic hydroxyl groups is 3. The molecule has 4 aliphatic carbocycles. The summed E-state index contributed by atoms with van der Waals surface area (Å²) in [6, 6.07) is -0.523. The molecule has 0 aromatic heterocycles. The Balaban J connectivity index is 1.34. The maximum absolute atomic E-state index is 12.5. The minimum atomic E-state index is -0.523. The summed E-state index contributed by atoms with van der Waals surface area (Å²) >= 11 is 0. The number of rotatable bonds is 9. The van der Waals surface area contributed by atoms with Crippen LogP contribution in [0.4, 0.5) is 4.79 Å². The molecule has 11 atom stereocenters. The molecule has 0 heterocycles. The molecule has 4 fully saturated rings. The summed E-state index contributed by atoms with van der Waals surface area (Å²) in [4.78, 5) is 23.2. The Kier molecular flexibility index (Phi) is 8.81. The molecule has 4 aliphatic rings. The van der Waals surface area contributed by atoms with Crippen molar-refractivity contribution in [3.63, 3.8) is 0 Å². The summed E-state index contributed by atoms with van der Waals surface area (Å²) in [5.41, 5.74) is 4.91. The van der Waals surface area contributed by atoms with E-state index in [0.717, 1.165) is 64.2 Å². The number of carbonyl (C=O) groups excluding carboxylic acids is 2. The van der Waals surface area contributed by atoms with Gasteiger partial charge in [0.25, 0.3) is 0 Å². The molecule has 0 aromatic rings. The van der Waals surface area contributed by atoms with E-state index < -0.39 is 12.1 Å². The molecule has 212 valence electrons. The Morgan fingerprint density at radius 2 is 1.68 bits per heavy atom. The maximum Gasteiger partial charge on any atom is 0.312 e. The fourth-order valence-electron chi connectivity index (χ4n) is 9.47. The van der Waals surface area contributed by atoms with Crippen molar-refractivity contribution in [2.75, 3.05) is 13.1 Å². The number of urea groups is 1. The van der Waals surface area contributed by atoms with Gasteiger partial charge in [-0.05, 0) is 111 Å². The van der Waals surface area contributed by atoms with E-state index >= 15 is 0 Å². The first-order valence-corrected chi connectivity index (χ1v) is 14.8. The van der Waals surface area contributed by atoms with Gasteiger partial charge in [0, 0.05) is 19.5 Å². The summed E-state index contributed by atoms with van der Waals surface area (Å²) in [5, 5.41) is 38.9. The number of nitrogens with two attached hydrogens (primary N) is 1. The van der Waals surface area contributed by atoms with E-state index in [1.165, 1.54) is 0 Å². The lowest BCUT2D eigenvalue weighted by Gasteiger charge is -2.63. The fraction of sp³-hybridized carbons (Fsp3) is 0.931. The predicted molar refractivity (Wildman–Crippen MR) is 142 cm³/mol. The third-order valence-corrected chi connectivity index (χ3v) is 11.6. The van der Waals surface area contributed by atoms with Crippen LogP contribution < -0.4 is 16.4 Å². The van der Waals surface area contributed by atoms with Crippen LogP contribution in [0.1, 0.15) is 91.4 Å². The van der Waals surface area contributed by atoms with Crippen LogP contribution in [0.3, 0.4) is 0 Å². The lowest BCUT2D eigenvalue weighted by atomic mass is 9.43. The van der Waals surface area contributed by atoms with Crippen LogP contribution in [-0.2, 0) is 4.79 Å². The van der Waals surface area contributed by atoms with Crippen LogP contribution in [0.25, 0.3) is 0 Å². The quantitative estimate of drug-likeness (QED) is 0.258. The standard InChI is InChI=1S/C29H51N3O5/c1-17(6-9-25(36)31-12-4-5-13-32-27(30)37)20-7-8-21-26-22(16-24(35)29(20,21)3)28(2)11-10-19(33)14-18(28)15-23(26)34/h17-24,26,33-35H,4-16H2,1-3H3,(H,31,36)(H3,30,32,37)/t17-,18+,19-,20-,21+,22+,23-,24+,26+,28+,29-/m0/s1. The summed E-state index contributed by atoms with van der Waals surface area (Å²) in [6.07, 6.45) is 8.02. The number of hydrogen-bond acceptors (Lipinski definition) is 5. The number of primary amides is 1. The average molecular weight is 522 g/mol. The summed E-state index contributed by atoms with van der Waals surface area (Å²) in [6.45, 7) is 7.97. The highest BCUT2D eigenvalue weighted by atomic mass is 16.3. The van der Waals surface area contributed by atoms with Crippen LogP contribution in [0, 0.1) is 46.3 Å². The third-order valence-electron chi connectivity index (χ3n) is 11.6. The lowest BCUT2D eigenvalue weighted by molar-refractivity contribution is -0.207. The Morgan fingerprint density at radius 3 is 2.38 bits per heavy atom. The van der Waals surface area contributed by atoms with E-state index in [2.05, 4.69) is 31.4 Å². The third kappa shape index (κ3) is 5.53. The second kappa shape index (κ2) is 11.4. The molecule has 4 saturated carbocycles. The Labute approximate surface area is 222 Å². The second-order valence-electron chi connectivity index (χ2n) is 13.4. The molecule has 4 rings (SSSR count). The van der Waals surface area contributed by atoms with Crippen LogP contribution in [0.15, 0.2) is 0 Å². The Bertz CT molecular complexity index is 825. The van der Waals surface area contributed by atoms with E-state index in [-0.39, 0.29) is 34.9 Å². The number of fused-ring (bicyclic) bond motifs is 5. The topological polar surface area (TPSA) is 145 Å². The highest BCUT2D eigenvalue weighted by Gasteiger charge is 2.65. The van der Waals surface area contributed by atoms with Crippen molar-refractivity contribution in [3.8, 4) is 0 Å². The summed E-state index contributed by atoms with van der Waals surface area (Å²) in [7, 11) is 0. The number of hydrogen-bond donors (Lipinski definition) is 6. The number of amides is 3. The predicted octanol–water partition coefficient (Wildman–Crippen LogP) is 2.93. The van der Waals surface area contributed by atoms with Gasteiger partial charge in [-0.15, -0.1) is 0 Å². The molecule has 0 bridgehead atoms. The lowest BCUT2D eigenvalue weighted by Crippen LogP contribution is -2.62. The minimum Gasteiger partial charge on any atom is -0.393 e. The SMILES string of the molecule is C[C@@H](CCC(=O)NCCCCNC(N)=O)[C@@H]1CC[C@@H]2[C@@H]3[C@@H](C[C@@H](O)[C@]21C)[C@]1(C)CC[C@H](O)C[C@@H]1C[C@@H]3O. The van der Waals surface area contributed by atoms with Gasteiger partial charge in [-0.3, -0.25) is 4.79 Å². The summed E-state index contributed by atoms with van der Waals surface area (Å²) < 4.78 is 0. The van der Waals surface area contributed by atoms with Crippen molar-refractivity contribution in [1.82, 2.24) is 10.6 Å². The maximum atomic E-state index is 12.5. The highest BCUT2D eigenvalue weighted by molar-refractivity contribution is 5.75. The summed E-state index contributed by atoms with van der Waals surface area (Å²) in [5.74, 6) is 1.87. The van der Waals surface area contributed by atoms with Crippen LogP contribution in [0.2, 0.25) is 0 Å². The van der Waals surface area contributed by atoms with Gasteiger partial charge < -0.3 is 31.7 Å². The normalized spacial score (nSPS) is 43.7. The van der Waals surface area contributed by atoms with Crippen molar-refractivity contribution in [2.45, 2.75) is 110 Å². The molecular weight excluding hydrogens is 470 g/mol. The average Bonchev–Trinajstić information content (AvgIpc) is 3.20. The number of carbonyl (C=O) groups is 2. The van der Waals surface area contributed by atoms with Gasteiger partial charge in [0.2, 0.25) is 5.91 Å². The molecule has 0 saturated heterocycles. The largest absolute Gasteiger partial charge is 0.393 e. The molecule has 0 radical (unpaired) electrons. The highest BCUT2D eigenvalue weighted by Crippen LogP contribution is 2.68. The van der Waals surface area contributed by atoms with Gasteiger partial charge in [0.1, 0.15) is 0 Å². The number of aliphatic hydroxyl groups excluding tert-OH is 3. The number of nitrogens with one attached hydrogen (secondary N) is 2. The first-order valence-electron chi connectivity index (χ1n) is 14.8. The minimum absolute atomic E-state index is 0.0554. The zero-order valence-electron chi connectivity index (χ0n) is 23.1. The van der Waals surface area contributed by atoms with E-state index in [9.17, 15) is 24.9 Å². The van der Waals surface area contributed by atoms with E-state index in [1.807, 2.05) is 0 Å². The zero-order chi connectivity index (χ0) is 27.0. The molecule has 3 amide bonds. The molecule has 8 heteroatoms. The number of unbranched alkanes of at least 4 members (excludes halogenated alkanes) is 1. The van der Waals surface area contributed by atoms with Gasteiger partial charge in [0.05, 0.1) is 18.3 Å². The Hall–Kier alpha value is -1.38. The van der Waals surface area contributed by atoms with Gasteiger partial charge in [-0.2, -0.15) is 0 Å². The molecule has 8 nitrogen and oxygen atoms in total. The van der Waals surface area contributed by atoms with Crippen LogP contribution in [-0.4, -0.2) is 58.7 Å². The van der Waals surface area contributed by atoms with Crippen molar-refractivity contribution in [1.29, 1.82) is 0 Å². The molecule has 0 spiro atoms. The molecule has 0 aromatic carbocycles. The molecule has 0 aliphatic heterocycles. The smallest absolute Gasteiger partial charge is 0.312 e.